The lowest BCUT2D eigenvalue weighted by Crippen LogP contribution is -1.75. The Morgan fingerprint density at radius 1 is 0.700 bits per heavy atom. The maximum atomic E-state index is 9.85. The van der Waals surface area contributed by atoms with E-state index in [0.29, 0.717) is 0 Å². The number of fused-ring (bicyclic) bond motifs is 1. The Hall–Kier alpha value is -2.68. The summed E-state index contributed by atoms with van der Waals surface area (Å²) in [6, 6.07) is 18.9. The second kappa shape index (κ2) is 5.13. The molecule has 0 bridgehead atoms. The Bertz CT molecular complexity index is 794. The molecule has 0 aliphatic heterocycles. The highest BCUT2D eigenvalue weighted by atomic mass is 16.3. The van der Waals surface area contributed by atoms with Crippen LogP contribution in [-0.4, -0.2) is 5.11 Å². The smallest absolute Gasteiger partial charge is 0.123 e. The molecule has 0 fully saturated rings. The first kappa shape index (κ1) is 12.4. The predicted molar refractivity (Wildman–Crippen MR) is 81.0 cm³/mol. The Kier molecular flexibility index (Phi) is 3.17. The fraction of sp³-hybridized carbons (Fsp3) is 0.0588. The van der Waals surface area contributed by atoms with Gasteiger partial charge in [-0.1, -0.05) is 42.5 Å². The Balaban J connectivity index is 2.08. The number of azo groups is 1. The molecule has 0 aliphatic rings. The molecule has 20 heavy (non-hydrogen) atoms. The summed E-state index contributed by atoms with van der Waals surface area (Å²) >= 11 is 0. The number of hydrogen-bond donors (Lipinski definition) is 1. The summed E-state index contributed by atoms with van der Waals surface area (Å²) in [5.74, 6) is 0.260. The lowest BCUT2D eigenvalue weighted by atomic mass is 10.1. The van der Waals surface area contributed by atoms with Crippen LogP contribution in [0.4, 0.5) is 11.4 Å². The number of aromatic hydroxyl groups is 1. The Morgan fingerprint density at radius 3 is 2.15 bits per heavy atom. The van der Waals surface area contributed by atoms with Gasteiger partial charge in [-0.15, -0.1) is 5.11 Å². The fourth-order valence-electron chi connectivity index (χ4n) is 2.14. The first-order chi connectivity index (χ1) is 9.75. The van der Waals surface area contributed by atoms with Crippen LogP contribution in [0.25, 0.3) is 10.8 Å². The van der Waals surface area contributed by atoms with Gasteiger partial charge < -0.3 is 5.11 Å². The van der Waals surface area contributed by atoms with Crippen LogP contribution >= 0.6 is 0 Å². The van der Waals surface area contributed by atoms with Gasteiger partial charge >= 0.3 is 0 Å². The average molecular weight is 262 g/mol. The topological polar surface area (TPSA) is 45.0 Å². The van der Waals surface area contributed by atoms with Crippen molar-refractivity contribution in [2.75, 3.05) is 0 Å². The Labute approximate surface area is 117 Å². The summed E-state index contributed by atoms with van der Waals surface area (Å²) in [6.45, 7) is 2.00. The molecule has 0 saturated heterocycles. The van der Waals surface area contributed by atoms with Gasteiger partial charge in [0.1, 0.15) is 5.75 Å². The number of benzene rings is 3. The molecule has 3 rings (SSSR count). The van der Waals surface area contributed by atoms with Crippen LogP contribution in [0.1, 0.15) is 5.56 Å². The van der Waals surface area contributed by atoms with Crippen LogP contribution in [0, 0.1) is 6.92 Å². The van der Waals surface area contributed by atoms with Crippen LogP contribution < -0.4 is 0 Å². The number of phenols is 1. The van der Waals surface area contributed by atoms with Crippen molar-refractivity contribution in [1.82, 2.24) is 0 Å². The average Bonchev–Trinajstić information content (AvgIpc) is 2.48. The van der Waals surface area contributed by atoms with E-state index in [9.17, 15) is 5.11 Å². The molecule has 0 amide bonds. The molecule has 0 aromatic heterocycles. The van der Waals surface area contributed by atoms with Gasteiger partial charge in [-0.05, 0) is 30.7 Å². The number of aryl methyl sites for hydroxylation is 1. The standard InChI is InChI=1S/C17H14N2O/c1-12-6-2-5-9-15(12)18-19-16-10-11-17(20)14-8-4-3-7-13(14)16/h2-11,20H,1H3. The Morgan fingerprint density at radius 2 is 1.35 bits per heavy atom. The van der Waals surface area contributed by atoms with Crippen molar-refractivity contribution in [3.63, 3.8) is 0 Å². The molecule has 0 radical (unpaired) electrons. The van der Waals surface area contributed by atoms with E-state index in [1.165, 1.54) is 0 Å². The van der Waals surface area contributed by atoms with E-state index in [1.807, 2.05) is 55.5 Å². The summed E-state index contributed by atoms with van der Waals surface area (Å²) in [6.07, 6.45) is 0. The van der Waals surface area contributed by atoms with Gasteiger partial charge in [-0.3, -0.25) is 0 Å². The number of rotatable bonds is 2. The zero-order valence-corrected chi connectivity index (χ0v) is 11.1. The van der Waals surface area contributed by atoms with Crippen molar-refractivity contribution in [2.24, 2.45) is 10.2 Å². The molecule has 1 N–H and O–H groups in total. The van der Waals surface area contributed by atoms with Gasteiger partial charge in [-0.2, -0.15) is 5.11 Å². The van der Waals surface area contributed by atoms with Crippen LogP contribution in [0.2, 0.25) is 0 Å². The molecule has 3 aromatic carbocycles. The second-order valence-corrected chi connectivity index (χ2v) is 4.64. The lowest BCUT2D eigenvalue weighted by molar-refractivity contribution is 0.481. The summed E-state index contributed by atoms with van der Waals surface area (Å²) in [5.41, 5.74) is 2.69. The minimum atomic E-state index is 0.260. The largest absolute Gasteiger partial charge is 0.507 e. The second-order valence-electron chi connectivity index (χ2n) is 4.64. The normalized spacial score (nSPS) is 11.2. The number of hydrogen-bond acceptors (Lipinski definition) is 3. The first-order valence-electron chi connectivity index (χ1n) is 6.44. The molecule has 0 spiro atoms. The van der Waals surface area contributed by atoms with Crippen molar-refractivity contribution >= 4 is 22.1 Å². The van der Waals surface area contributed by atoms with Crippen LogP contribution in [-0.2, 0) is 0 Å². The van der Waals surface area contributed by atoms with Gasteiger partial charge in [0.15, 0.2) is 0 Å². The van der Waals surface area contributed by atoms with Crippen molar-refractivity contribution in [1.29, 1.82) is 0 Å². The van der Waals surface area contributed by atoms with Gasteiger partial charge in [0.2, 0.25) is 0 Å². The molecule has 3 heteroatoms. The van der Waals surface area contributed by atoms with Gasteiger partial charge in [0.25, 0.3) is 0 Å². The highest BCUT2D eigenvalue weighted by Gasteiger charge is 2.04. The van der Waals surface area contributed by atoms with Crippen LogP contribution in [0.5, 0.6) is 5.75 Å². The van der Waals surface area contributed by atoms with E-state index in [0.717, 1.165) is 27.7 Å². The van der Waals surface area contributed by atoms with E-state index < -0.39 is 0 Å². The molecule has 0 aliphatic carbocycles. The van der Waals surface area contributed by atoms with Crippen molar-refractivity contribution in [3.8, 4) is 5.75 Å². The van der Waals surface area contributed by atoms with E-state index in [2.05, 4.69) is 10.2 Å². The number of nitrogens with zero attached hydrogens (tertiary/aromatic N) is 2. The fourth-order valence-corrected chi connectivity index (χ4v) is 2.14. The third-order valence-corrected chi connectivity index (χ3v) is 3.26. The van der Waals surface area contributed by atoms with E-state index in [-0.39, 0.29) is 5.75 Å². The molecule has 0 atom stereocenters. The van der Waals surface area contributed by atoms with E-state index in [4.69, 9.17) is 0 Å². The third kappa shape index (κ3) is 2.26. The zero-order valence-electron chi connectivity index (χ0n) is 11.1. The third-order valence-electron chi connectivity index (χ3n) is 3.26. The molecular weight excluding hydrogens is 248 g/mol. The van der Waals surface area contributed by atoms with Gasteiger partial charge in [-0.25, -0.2) is 0 Å². The lowest BCUT2D eigenvalue weighted by Gasteiger charge is -2.03. The molecule has 3 aromatic rings. The van der Waals surface area contributed by atoms with Gasteiger partial charge in [0, 0.05) is 10.8 Å². The molecular formula is C17H14N2O. The number of phenolic OH excluding ortho intramolecular Hbond substituents is 1. The van der Waals surface area contributed by atoms with E-state index >= 15 is 0 Å². The summed E-state index contributed by atoms with van der Waals surface area (Å²) in [4.78, 5) is 0. The minimum Gasteiger partial charge on any atom is -0.507 e. The highest BCUT2D eigenvalue weighted by Crippen LogP contribution is 2.33. The molecule has 0 heterocycles. The predicted octanol–water partition coefficient (Wildman–Crippen LogP) is 5.27. The highest BCUT2D eigenvalue weighted by molar-refractivity contribution is 5.96. The quantitative estimate of drug-likeness (QED) is 0.628. The van der Waals surface area contributed by atoms with Crippen molar-refractivity contribution in [3.05, 3.63) is 66.2 Å². The van der Waals surface area contributed by atoms with Crippen molar-refractivity contribution in [2.45, 2.75) is 6.92 Å². The zero-order chi connectivity index (χ0) is 13.9. The monoisotopic (exact) mass is 262 g/mol. The maximum Gasteiger partial charge on any atom is 0.123 e. The SMILES string of the molecule is Cc1ccccc1N=Nc1ccc(O)c2ccccc12. The molecule has 0 unspecified atom stereocenters. The van der Waals surface area contributed by atoms with Crippen LogP contribution in [0.3, 0.4) is 0 Å². The summed E-state index contributed by atoms with van der Waals surface area (Å²) in [5, 5.41) is 20.2. The minimum absolute atomic E-state index is 0.260. The first-order valence-corrected chi connectivity index (χ1v) is 6.44. The summed E-state index contributed by atoms with van der Waals surface area (Å²) in [7, 11) is 0. The molecule has 0 saturated carbocycles. The summed E-state index contributed by atoms with van der Waals surface area (Å²) < 4.78 is 0. The molecule has 98 valence electrons. The van der Waals surface area contributed by atoms with E-state index in [1.54, 1.807) is 12.1 Å². The maximum absolute atomic E-state index is 9.85. The van der Waals surface area contributed by atoms with Crippen LogP contribution in [0.15, 0.2) is 70.9 Å². The van der Waals surface area contributed by atoms with Gasteiger partial charge in [0.05, 0.1) is 11.4 Å². The van der Waals surface area contributed by atoms with Crippen molar-refractivity contribution < 1.29 is 5.11 Å². The molecule has 3 nitrogen and oxygen atoms in total.